The van der Waals surface area contributed by atoms with Crippen molar-refractivity contribution in [3.8, 4) is 0 Å². The Balaban J connectivity index is 2.53. The lowest BCUT2D eigenvalue weighted by Crippen LogP contribution is -2.20. The normalized spacial score (nSPS) is 14.2. The monoisotopic (exact) mass is 211 g/mol. The Hall–Kier alpha value is -0.800. The fourth-order valence-corrected chi connectivity index (χ4v) is 1.43. The van der Waals surface area contributed by atoms with Crippen molar-refractivity contribution >= 4 is 0 Å². The Morgan fingerprint density at radius 3 is 2.67 bits per heavy atom. The zero-order chi connectivity index (χ0) is 11.5. The summed E-state index contributed by atoms with van der Waals surface area (Å²) in [4.78, 5) is 0. The average molecular weight is 211 g/mol. The molecule has 1 atom stereocenters. The van der Waals surface area contributed by atoms with Gasteiger partial charge in [-0.3, -0.25) is 0 Å². The third-order valence-corrected chi connectivity index (χ3v) is 2.53. The van der Waals surface area contributed by atoms with E-state index in [2.05, 4.69) is 0 Å². The van der Waals surface area contributed by atoms with Crippen LogP contribution in [-0.2, 0) is 6.54 Å². The van der Waals surface area contributed by atoms with Crippen LogP contribution in [0.3, 0.4) is 0 Å². The Morgan fingerprint density at radius 1 is 1.47 bits per heavy atom. The first-order valence-electron chi connectivity index (χ1n) is 5.48. The summed E-state index contributed by atoms with van der Waals surface area (Å²) in [7, 11) is 0. The van der Waals surface area contributed by atoms with Crippen molar-refractivity contribution in [3.63, 3.8) is 0 Å². The van der Waals surface area contributed by atoms with Crippen LogP contribution in [0.5, 0.6) is 0 Å². The van der Waals surface area contributed by atoms with Crippen LogP contribution in [0.2, 0.25) is 0 Å². The topological polar surface area (TPSA) is 45.4 Å². The van der Waals surface area contributed by atoms with Crippen molar-refractivity contribution in [1.82, 2.24) is 4.57 Å². The molecule has 0 bridgehead atoms. The van der Waals surface area contributed by atoms with E-state index in [0.717, 1.165) is 18.5 Å². The number of aliphatic hydroxyl groups is 2. The maximum Gasteiger partial charge on any atom is 0.0802 e. The first-order valence-corrected chi connectivity index (χ1v) is 5.48. The summed E-state index contributed by atoms with van der Waals surface area (Å²) in [6, 6.07) is 1.93. The Morgan fingerprint density at radius 2 is 2.13 bits per heavy atom. The van der Waals surface area contributed by atoms with Crippen molar-refractivity contribution < 1.29 is 10.2 Å². The summed E-state index contributed by atoms with van der Waals surface area (Å²) >= 11 is 0. The highest BCUT2D eigenvalue weighted by Crippen LogP contribution is 2.17. The van der Waals surface area contributed by atoms with Crippen LogP contribution in [-0.4, -0.2) is 20.4 Å². The Bertz CT molecular complexity index is 299. The molecule has 0 aromatic carbocycles. The van der Waals surface area contributed by atoms with Crippen LogP contribution in [0, 0.1) is 0 Å². The Kier molecular flexibility index (Phi) is 3.94. The van der Waals surface area contributed by atoms with E-state index in [-0.39, 0.29) is 6.10 Å². The first-order chi connectivity index (χ1) is 6.92. The molecular formula is C12H21NO2. The Labute approximate surface area is 91.4 Å². The smallest absolute Gasteiger partial charge is 0.0802 e. The molecule has 1 aromatic rings. The molecule has 15 heavy (non-hydrogen) atoms. The summed E-state index contributed by atoms with van der Waals surface area (Å²) in [5.74, 6) is 0. The van der Waals surface area contributed by atoms with Crippen molar-refractivity contribution in [2.45, 2.75) is 51.9 Å². The summed E-state index contributed by atoms with van der Waals surface area (Å²) in [5, 5.41) is 19.2. The highest BCUT2D eigenvalue weighted by molar-refractivity contribution is 5.13. The van der Waals surface area contributed by atoms with E-state index in [1.54, 1.807) is 13.8 Å². The molecule has 2 N–H and O–H groups in total. The molecule has 1 heterocycles. The molecular weight excluding hydrogens is 190 g/mol. The number of nitrogens with zero attached hydrogens (tertiary/aromatic N) is 1. The molecule has 0 spiro atoms. The van der Waals surface area contributed by atoms with E-state index in [1.807, 2.05) is 30.0 Å². The van der Waals surface area contributed by atoms with Gasteiger partial charge in [-0.2, -0.15) is 0 Å². The van der Waals surface area contributed by atoms with Gasteiger partial charge in [0.15, 0.2) is 0 Å². The number of rotatable bonds is 5. The predicted octanol–water partition coefficient (Wildman–Crippen LogP) is 2.09. The van der Waals surface area contributed by atoms with Crippen LogP contribution in [0.4, 0.5) is 0 Å². The van der Waals surface area contributed by atoms with Crippen LogP contribution >= 0.6 is 0 Å². The van der Waals surface area contributed by atoms with Gasteiger partial charge in [-0.1, -0.05) is 6.92 Å². The van der Waals surface area contributed by atoms with E-state index in [0.29, 0.717) is 6.42 Å². The molecule has 0 aliphatic carbocycles. The zero-order valence-corrected chi connectivity index (χ0v) is 9.77. The second kappa shape index (κ2) is 4.81. The average Bonchev–Trinajstić information content (AvgIpc) is 2.61. The largest absolute Gasteiger partial charge is 0.390 e. The molecule has 0 amide bonds. The van der Waals surface area contributed by atoms with Gasteiger partial charge in [0.05, 0.1) is 11.7 Å². The van der Waals surface area contributed by atoms with E-state index < -0.39 is 5.60 Å². The standard InChI is InChI=1S/C12H21NO2/c1-4-11(14)10-5-7-13(9-10)8-6-12(2,3)15/h5,7,9,11,14-15H,4,6,8H2,1-3H3. The molecule has 0 radical (unpaired) electrons. The number of hydrogen-bond donors (Lipinski definition) is 2. The maximum atomic E-state index is 9.61. The van der Waals surface area contributed by atoms with Crippen molar-refractivity contribution in [3.05, 3.63) is 24.0 Å². The summed E-state index contributed by atoms with van der Waals surface area (Å²) < 4.78 is 2.01. The fourth-order valence-electron chi connectivity index (χ4n) is 1.43. The highest BCUT2D eigenvalue weighted by atomic mass is 16.3. The van der Waals surface area contributed by atoms with Gasteiger partial charge in [0, 0.05) is 18.9 Å². The van der Waals surface area contributed by atoms with Crippen molar-refractivity contribution in [1.29, 1.82) is 0 Å². The molecule has 3 heteroatoms. The first kappa shape index (κ1) is 12.3. The van der Waals surface area contributed by atoms with Gasteiger partial charge in [0.2, 0.25) is 0 Å². The van der Waals surface area contributed by atoms with Crippen LogP contribution in [0.25, 0.3) is 0 Å². The molecule has 1 rings (SSSR count). The van der Waals surface area contributed by atoms with Gasteiger partial charge < -0.3 is 14.8 Å². The van der Waals surface area contributed by atoms with Gasteiger partial charge in [-0.25, -0.2) is 0 Å². The molecule has 86 valence electrons. The molecule has 0 fully saturated rings. The van der Waals surface area contributed by atoms with Crippen molar-refractivity contribution in [2.24, 2.45) is 0 Å². The summed E-state index contributed by atoms with van der Waals surface area (Å²) in [6.45, 7) is 6.34. The van der Waals surface area contributed by atoms with Crippen LogP contribution in [0.15, 0.2) is 18.5 Å². The number of hydrogen-bond acceptors (Lipinski definition) is 2. The van der Waals surface area contributed by atoms with E-state index in [4.69, 9.17) is 0 Å². The second-order valence-corrected chi connectivity index (χ2v) is 4.67. The SMILES string of the molecule is CCC(O)c1ccn(CCC(C)(C)O)c1. The molecule has 3 nitrogen and oxygen atoms in total. The van der Waals surface area contributed by atoms with E-state index in [1.165, 1.54) is 0 Å². The van der Waals surface area contributed by atoms with Gasteiger partial charge in [0.25, 0.3) is 0 Å². The number of aryl methyl sites for hydroxylation is 1. The lowest BCUT2D eigenvalue weighted by molar-refractivity contribution is 0.0662. The fraction of sp³-hybridized carbons (Fsp3) is 0.667. The minimum Gasteiger partial charge on any atom is -0.390 e. The van der Waals surface area contributed by atoms with E-state index >= 15 is 0 Å². The van der Waals surface area contributed by atoms with Crippen LogP contribution < -0.4 is 0 Å². The molecule has 0 aliphatic heterocycles. The summed E-state index contributed by atoms with van der Waals surface area (Å²) in [6.07, 6.45) is 4.96. The summed E-state index contributed by atoms with van der Waals surface area (Å²) in [5.41, 5.74) is 0.321. The quantitative estimate of drug-likeness (QED) is 0.783. The number of aliphatic hydroxyl groups excluding tert-OH is 1. The molecule has 1 unspecified atom stereocenters. The van der Waals surface area contributed by atoms with Gasteiger partial charge in [-0.15, -0.1) is 0 Å². The lowest BCUT2D eigenvalue weighted by atomic mass is 10.1. The molecule has 0 aliphatic rings. The third-order valence-electron chi connectivity index (χ3n) is 2.53. The van der Waals surface area contributed by atoms with Gasteiger partial charge in [0.1, 0.15) is 0 Å². The van der Waals surface area contributed by atoms with E-state index in [9.17, 15) is 10.2 Å². The van der Waals surface area contributed by atoms with Crippen LogP contribution in [0.1, 0.15) is 45.3 Å². The maximum absolute atomic E-state index is 9.61. The third kappa shape index (κ3) is 4.06. The predicted molar refractivity (Wildman–Crippen MR) is 60.6 cm³/mol. The number of aromatic nitrogens is 1. The minimum absolute atomic E-state index is 0.367. The molecule has 1 aromatic heterocycles. The van der Waals surface area contributed by atoms with Gasteiger partial charge in [-0.05, 0) is 38.3 Å². The van der Waals surface area contributed by atoms with Crippen molar-refractivity contribution in [2.75, 3.05) is 0 Å². The highest BCUT2D eigenvalue weighted by Gasteiger charge is 2.12. The zero-order valence-electron chi connectivity index (χ0n) is 9.77. The lowest BCUT2D eigenvalue weighted by Gasteiger charge is -2.17. The molecule has 0 saturated carbocycles. The molecule has 0 saturated heterocycles. The second-order valence-electron chi connectivity index (χ2n) is 4.67. The van der Waals surface area contributed by atoms with Gasteiger partial charge >= 0.3 is 0 Å². The minimum atomic E-state index is -0.631.